The van der Waals surface area contributed by atoms with Crippen molar-refractivity contribution in [3.8, 4) is 0 Å². The molecular weight excluding hydrogens is 610 g/mol. The minimum absolute atomic E-state index is 0.0917. The van der Waals surface area contributed by atoms with Gasteiger partial charge in [0, 0.05) is 6.42 Å². The van der Waals surface area contributed by atoms with Crippen LogP contribution < -0.4 is 5.26 Å². The molecular formula is C18H15F14O6S-. The van der Waals surface area contributed by atoms with Gasteiger partial charge in [-0.25, -0.2) is 9.18 Å². The third kappa shape index (κ3) is 4.53. The predicted molar refractivity (Wildman–Crippen MR) is 92.8 cm³/mol. The van der Waals surface area contributed by atoms with Crippen LogP contribution in [0, 0.1) is 11.8 Å². The van der Waals surface area contributed by atoms with Crippen LogP contribution in [-0.2, 0) is 18.9 Å². The zero-order chi connectivity index (χ0) is 30.3. The third-order valence-corrected chi connectivity index (χ3v) is 7.84. The standard InChI is InChI=1S/C18H16F14O6S/c19-12(39-38-37-35,9(33)36-11-4-7-1-8(5-11)3-10(34,2-7)6-11)13(20,21)14(22,23)15(24,25)16(26,27)17(28,29)18(30,31)32/h7-8,34-35H,1-6H2/p-1. The number of esters is 1. The van der Waals surface area contributed by atoms with Gasteiger partial charge in [-0.1, -0.05) is 0 Å². The highest BCUT2D eigenvalue weighted by atomic mass is 32.2. The lowest BCUT2D eigenvalue weighted by molar-refractivity contribution is -0.777. The Hall–Kier alpha value is -1.32. The lowest BCUT2D eigenvalue weighted by atomic mass is 9.52. The molecule has 0 radical (unpaired) electrons. The van der Waals surface area contributed by atoms with Crippen LogP contribution in [0.15, 0.2) is 0 Å². The summed E-state index contributed by atoms with van der Waals surface area (Å²) in [5.74, 6) is -45.0. The molecule has 0 aliphatic heterocycles. The second kappa shape index (κ2) is 9.09. The molecule has 3 unspecified atom stereocenters. The van der Waals surface area contributed by atoms with Crippen molar-refractivity contribution < 1.29 is 90.7 Å². The normalized spacial score (nSPS) is 31.8. The number of hydrogen-bond acceptors (Lipinski definition) is 7. The molecule has 4 fully saturated rings. The first-order valence-electron chi connectivity index (χ1n) is 10.5. The van der Waals surface area contributed by atoms with E-state index < -0.39 is 88.3 Å². The number of halogens is 14. The van der Waals surface area contributed by atoms with E-state index in [1.807, 2.05) is 0 Å². The molecule has 21 heteroatoms. The van der Waals surface area contributed by atoms with E-state index in [-0.39, 0.29) is 25.7 Å². The van der Waals surface area contributed by atoms with Crippen LogP contribution in [0.1, 0.15) is 38.5 Å². The van der Waals surface area contributed by atoms with Crippen molar-refractivity contribution >= 4 is 18.0 Å². The zero-order valence-electron chi connectivity index (χ0n) is 18.6. The molecule has 6 nitrogen and oxygen atoms in total. The number of rotatable bonds is 10. The average molecular weight is 625 g/mol. The number of aliphatic hydroxyl groups is 1. The van der Waals surface area contributed by atoms with Crippen molar-refractivity contribution in [2.45, 2.75) is 90.5 Å². The van der Waals surface area contributed by atoms with E-state index in [9.17, 15) is 72.2 Å². The van der Waals surface area contributed by atoms with Gasteiger partial charge in [0.2, 0.25) is 0 Å². The van der Waals surface area contributed by atoms with Crippen molar-refractivity contribution in [3.63, 3.8) is 0 Å². The van der Waals surface area contributed by atoms with Crippen LogP contribution in [0.2, 0.25) is 0 Å². The van der Waals surface area contributed by atoms with Crippen LogP contribution in [0.25, 0.3) is 0 Å². The number of carbonyl (C=O) groups is 1. The zero-order valence-corrected chi connectivity index (χ0v) is 19.4. The summed E-state index contributed by atoms with van der Waals surface area (Å²) in [5, 5.41) is 16.8. The molecule has 4 bridgehead atoms. The molecule has 0 aromatic carbocycles. The Morgan fingerprint density at radius 3 is 1.59 bits per heavy atom. The molecule has 39 heavy (non-hydrogen) atoms. The van der Waals surface area contributed by atoms with E-state index in [2.05, 4.69) is 14.1 Å². The summed E-state index contributed by atoms with van der Waals surface area (Å²) < 4.78 is 199. The van der Waals surface area contributed by atoms with E-state index in [0.29, 0.717) is 6.42 Å². The van der Waals surface area contributed by atoms with E-state index in [0.717, 1.165) is 0 Å². The molecule has 228 valence electrons. The van der Waals surface area contributed by atoms with Gasteiger partial charge in [0.05, 0.1) is 17.6 Å². The van der Waals surface area contributed by atoms with Gasteiger partial charge in [-0.15, -0.1) is 0 Å². The fourth-order valence-electron chi connectivity index (χ4n) is 5.76. The molecule has 0 amide bonds. The SMILES string of the molecule is O=C(OC12CC3CC(CC(O)(C3)C1)C2)C(F)(SOO[O-])C(F)(F)C(F)(F)C(F)(F)C(F)(F)C(F)(F)C(F)(F)F. The van der Waals surface area contributed by atoms with Crippen LogP contribution in [-0.4, -0.2) is 63.1 Å². The molecule has 4 aliphatic rings. The maximum atomic E-state index is 15.3. The molecule has 0 saturated heterocycles. The topological polar surface area (TPSA) is 88.1 Å². The Morgan fingerprint density at radius 2 is 1.18 bits per heavy atom. The van der Waals surface area contributed by atoms with Crippen molar-refractivity contribution in [2.75, 3.05) is 0 Å². The van der Waals surface area contributed by atoms with Crippen molar-refractivity contribution in [3.05, 3.63) is 0 Å². The smallest absolute Gasteiger partial charge is 0.460 e. The Bertz CT molecular complexity index is 960. The van der Waals surface area contributed by atoms with Gasteiger partial charge in [-0.3, -0.25) is 5.04 Å². The Labute approximate surface area is 212 Å². The lowest BCUT2D eigenvalue weighted by Crippen LogP contribution is -2.74. The predicted octanol–water partition coefficient (Wildman–Crippen LogP) is 4.89. The Morgan fingerprint density at radius 1 is 0.744 bits per heavy atom. The molecule has 4 rings (SSSR count). The maximum Gasteiger partial charge on any atom is 0.460 e. The van der Waals surface area contributed by atoms with Gasteiger partial charge in [-0.2, -0.15) is 61.4 Å². The number of hydrogen-bond donors (Lipinski definition) is 1. The second-order valence-electron chi connectivity index (χ2n) is 9.94. The molecule has 0 aromatic heterocycles. The van der Waals surface area contributed by atoms with Crippen LogP contribution in [0.5, 0.6) is 0 Å². The summed E-state index contributed by atoms with van der Waals surface area (Å²) in [6.07, 6.45) is -8.33. The largest absolute Gasteiger partial charge is 0.691 e. The monoisotopic (exact) mass is 625 g/mol. The van der Waals surface area contributed by atoms with Gasteiger partial charge in [0.15, 0.2) is 0 Å². The first-order chi connectivity index (χ1) is 17.3. The van der Waals surface area contributed by atoms with Crippen LogP contribution >= 0.6 is 12.0 Å². The summed E-state index contributed by atoms with van der Waals surface area (Å²) >= 11 is -2.12. The summed E-state index contributed by atoms with van der Waals surface area (Å²) in [6, 6.07) is 0. The number of alkyl halides is 14. The fourth-order valence-corrected chi connectivity index (χ4v) is 6.22. The summed E-state index contributed by atoms with van der Waals surface area (Å²) in [5.41, 5.74) is -3.71. The summed E-state index contributed by atoms with van der Waals surface area (Å²) in [7, 11) is 0. The van der Waals surface area contributed by atoms with Gasteiger partial charge < -0.3 is 15.1 Å². The molecule has 4 saturated carbocycles. The van der Waals surface area contributed by atoms with Crippen molar-refractivity contribution in [1.82, 2.24) is 0 Å². The average Bonchev–Trinajstić information content (AvgIpc) is 2.73. The van der Waals surface area contributed by atoms with Gasteiger partial charge >= 0.3 is 46.8 Å². The molecule has 0 spiro atoms. The first kappa shape index (κ1) is 32.2. The Kier molecular flexibility index (Phi) is 7.50. The van der Waals surface area contributed by atoms with Gasteiger partial charge in [0.1, 0.15) is 5.60 Å². The molecule has 4 aliphatic carbocycles. The highest BCUT2D eigenvalue weighted by Crippen LogP contribution is 2.65. The first-order valence-corrected chi connectivity index (χ1v) is 11.2. The summed E-state index contributed by atoms with van der Waals surface area (Å²) in [4.78, 5) is 12.5. The minimum atomic E-state index is -8.42. The van der Waals surface area contributed by atoms with E-state index in [1.54, 1.807) is 0 Å². The third-order valence-electron chi connectivity index (χ3n) is 7.06. The van der Waals surface area contributed by atoms with E-state index >= 15 is 4.39 Å². The molecule has 0 aromatic rings. The maximum absolute atomic E-state index is 15.3. The number of ether oxygens (including phenoxy) is 1. The highest BCUT2D eigenvalue weighted by Gasteiger charge is 2.94. The quantitative estimate of drug-likeness (QED) is 0.122. The number of carbonyl (C=O) groups excluding carboxylic acids is 1. The Balaban J connectivity index is 2.04. The van der Waals surface area contributed by atoms with Crippen molar-refractivity contribution in [1.29, 1.82) is 0 Å². The fraction of sp³-hybridized carbons (Fsp3) is 0.944. The van der Waals surface area contributed by atoms with E-state index in [4.69, 9.17) is 0 Å². The molecule has 1 N–H and O–H groups in total. The summed E-state index contributed by atoms with van der Waals surface area (Å²) in [6.45, 7) is 0. The van der Waals surface area contributed by atoms with Crippen LogP contribution in [0.3, 0.4) is 0 Å². The second-order valence-corrected chi connectivity index (χ2v) is 10.8. The lowest BCUT2D eigenvalue weighted by Gasteiger charge is -2.59. The van der Waals surface area contributed by atoms with Crippen LogP contribution in [0.4, 0.5) is 61.5 Å². The minimum Gasteiger partial charge on any atom is -0.691 e. The van der Waals surface area contributed by atoms with Gasteiger partial charge in [0.25, 0.3) is 0 Å². The highest BCUT2D eigenvalue weighted by molar-refractivity contribution is 7.96. The van der Waals surface area contributed by atoms with Crippen molar-refractivity contribution in [2.24, 2.45) is 11.8 Å². The molecule has 0 heterocycles. The van der Waals surface area contributed by atoms with Gasteiger partial charge in [-0.05, 0) is 43.9 Å². The molecule has 3 atom stereocenters. The van der Waals surface area contributed by atoms with E-state index in [1.165, 1.54) is 0 Å².